The number of para-hydroxylation sites is 1. The lowest BCUT2D eigenvalue weighted by Gasteiger charge is -2.18. The lowest BCUT2D eigenvalue weighted by Crippen LogP contribution is -2.27. The Kier molecular flexibility index (Phi) is 4.47. The van der Waals surface area contributed by atoms with Crippen LogP contribution in [-0.4, -0.2) is 14.4 Å². The van der Waals surface area contributed by atoms with Gasteiger partial charge in [-0.1, -0.05) is 23.7 Å². The average molecular weight is 445 g/mol. The van der Waals surface area contributed by atoms with Crippen LogP contribution in [0.4, 0.5) is 21.9 Å². The second kappa shape index (κ2) is 6.19. The van der Waals surface area contributed by atoms with E-state index < -0.39 is 20.8 Å². The van der Waals surface area contributed by atoms with Crippen LogP contribution in [-0.2, 0) is 14.8 Å². The van der Waals surface area contributed by atoms with Crippen molar-refractivity contribution in [1.82, 2.24) is 0 Å². The molecule has 1 heterocycles. The van der Waals surface area contributed by atoms with E-state index in [1.807, 2.05) is 6.07 Å². The van der Waals surface area contributed by atoms with Crippen LogP contribution in [0.5, 0.6) is 0 Å². The number of halogens is 2. The molecular formula is C16H15BrClN3O3S. The molecule has 0 bridgehead atoms. The quantitative estimate of drug-likeness (QED) is 0.625. The molecule has 1 aliphatic rings. The maximum absolute atomic E-state index is 12.4. The van der Waals surface area contributed by atoms with Crippen LogP contribution in [0.15, 0.2) is 40.9 Å². The first-order valence-corrected chi connectivity index (χ1v) is 9.97. The van der Waals surface area contributed by atoms with Gasteiger partial charge in [0.1, 0.15) is 4.75 Å². The molecule has 0 aliphatic carbocycles. The summed E-state index contributed by atoms with van der Waals surface area (Å²) in [6.07, 6.45) is 0. The molecule has 6 nitrogen and oxygen atoms in total. The fraction of sp³-hybridized carbons (Fsp3) is 0.188. The van der Waals surface area contributed by atoms with Crippen LogP contribution in [0, 0.1) is 0 Å². The number of anilines is 3. The van der Waals surface area contributed by atoms with Crippen LogP contribution < -0.4 is 15.4 Å². The number of nitrogens with one attached hydrogen (secondary N) is 3. The summed E-state index contributed by atoms with van der Waals surface area (Å²) in [5.41, 5.74) is 1.65. The van der Waals surface area contributed by atoms with Gasteiger partial charge in [0.2, 0.25) is 10.0 Å². The molecule has 2 aromatic carbocycles. The van der Waals surface area contributed by atoms with Crippen molar-refractivity contribution in [2.75, 3.05) is 15.4 Å². The fourth-order valence-electron chi connectivity index (χ4n) is 2.61. The summed E-state index contributed by atoms with van der Waals surface area (Å²) in [6.45, 7) is 3.13. The fourth-order valence-corrected chi connectivity index (χ4v) is 4.66. The molecule has 3 rings (SSSR count). The Balaban J connectivity index is 1.93. The summed E-state index contributed by atoms with van der Waals surface area (Å²) in [5.74, 6) is 0. The van der Waals surface area contributed by atoms with Crippen LogP contribution in [0.25, 0.3) is 0 Å². The molecule has 3 N–H and O–H groups in total. The van der Waals surface area contributed by atoms with E-state index in [0.717, 1.165) is 4.47 Å². The van der Waals surface area contributed by atoms with Crippen LogP contribution in [0.1, 0.15) is 19.4 Å². The zero-order valence-corrected chi connectivity index (χ0v) is 16.5. The zero-order valence-electron chi connectivity index (χ0n) is 13.4. The second-order valence-electron chi connectivity index (χ2n) is 6.02. The minimum atomic E-state index is -3.64. The largest absolute Gasteiger partial charge is 0.323 e. The van der Waals surface area contributed by atoms with Gasteiger partial charge in [-0.2, -0.15) is 0 Å². The predicted molar refractivity (Wildman–Crippen MR) is 104 cm³/mol. The van der Waals surface area contributed by atoms with Crippen molar-refractivity contribution < 1.29 is 13.2 Å². The number of rotatable bonds is 2. The van der Waals surface area contributed by atoms with Gasteiger partial charge in [-0.25, -0.2) is 13.2 Å². The summed E-state index contributed by atoms with van der Waals surface area (Å²) in [7, 11) is -3.64. The molecule has 0 atom stereocenters. The molecule has 9 heteroatoms. The highest BCUT2D eigenvalue weighted by molar-refractivity contribution is 9.10. The Morgan fingerprint density at radius 2 is 1.76 bits per heavy atom. The molecule has 0 spiro atoms. The molecule has 0 aromatic heterocycles. The minimum Gasteiger partial charge on any atom is -0.307 e. The van der Waals surface area contributed by atoms with Crippen LogP contribution >= 0.6 is 27.5 Å². The van der Waals surface area contributed by atoms with E-state index in [-0.39, 0.29) is 0 Å². The number of benzene rings is 2. The molecule has 0 saturated carbocycles. The topological polar surface area (TPSA) is 87.3 Å². The Bertz CT molecular complexity index is 977. The van der Waals surface area contributed by atoms with E-state index in [1.54, 1.807) is 44.2 Å². The minimum absolute atomic E-state index is 0.291. The second-order valence-corrected chi connectivity index (χ2v) is 9.51. The number of carbonyl (C=O) groups excluding carboxylic acids is 1. The van der Waals surface area contributed by atoms with E-state index >= 15 is 0 Å². The highest BCUT2D eigenvalue weighted by atomic mass is 79.9. The highest BCUT2D eigenvalue weighted by Gasteiger charge is 2.46. The number of hydrogen-bond acceptors (Lipinski definition) is 3. The Hall–Kier alpha value is -1.77. The number of fused-ring (bicyclic) bond motifs is 1. The zero-order chi connectivity index (χ0) is 18.4. The van der Waals surface area contributed by atoms with Gasteiger partial charge < -0.3 is 10.6 Å². The van der Waals surface area contributed by atoms with Crippen molar-refractivity contribution in [1.29, 1.82) is 0 Å². The summed E-state index contributed by atoms with van der Waals surface area (Å²) >= 11 is 9.55. The lowest BCUT2D eigenvalue weighted by atomic mass is 9.99. The molecule has 0 unspecified atom stereocenters. The standard InChI is InChI=1S/C16H15BrClN3O3S/c1-16(2)13-10(18)7-8-12(14(13)21-25(16,23)24)20-15(22)19-11-6-4-3-5-9(11)17/h3-8,21H,1-2H3,(H2,19,20,22). The summed E-state index contributed by atoms with van der Waals surface area (Å²) in [6, 6.07) is 9.78. The normalized spacial score (nSPS) is 16.6. The van der Waals surface area contributed by atoms with E-state index in [0.29, 0.717) is 27.6 Å². The molecule has 25 heavy (non-hydrogen) atoms. The Labute approximate surface area is 159 Å². The third kappa shape index (κ3) is 3.09. The van der Waals surface area contributed by atoms with E-state index in [1.165, 1.54) is 0 Å². The third-order valence-electron chi connectivity index (χ3n) is 4.04. The summed E-state index contributed by atoms with van der Waals surface area (Å²) in [5, 5.41) is 5.69. The molecule has 0 fully saturated rings. The molecule has 0 saturated heterocycles. The molecular weight excluding hydrogens is 430 g/mol. The number of hydrogen-bond donors (Lipinski definition) is 3. The first kappa shape index (κ1) is 18.0. The molecule has 1 aliphatic heterocycles. The van der Waals surface area contributed by atoms with Gasteiger partial charge in [-0.15, -0.1) is 0 Å². The molecule has 2 amide bonds. The van der Waals surface area contributed by atoms with E-state index in [9.17, 15) is 13.2 Å². The van der Waals surface area contributed by atoms with Crippen molar-refractivity contribution in [2.24, 2.45) is 0 Å². The lowest BCUT2D eigenvalue weighted by molar-refractivity contribution is 0.262. The number of carbonyl (C=O) groups is 1. The first-order chi connectivity index (χ1) is 11.6. The van der Waals surface area contributed by atoms with E-state index in [2.05, 4.69) is 31.3 Å². The molecule has 132 valence electrons. The van der Waals surface area contributed by atoms with Gasteiger partial charge in [0.25, 0.3) is 0 Å². The van der Waals surface area contributed by atoms with Gasteiger partial charge >= 0.3 is 6.03 Å². The summed E-state index contributed by atoms with van der Waals surface area (Å²) in [4.78, 5) is 12.3. The first-order valence-electron chi connectivity index (χ1n) is 7.31. The predicted octanol–water partition coefficient (Wildman–Crippen LogP) is 4.74. The number of amides is 2. The number of urea groups is 1. The smallest absolute Gasteiger partial charge is 0.307 e. The molecule has 2 aromatic rings. The van der Waals surface area contributed by atoms with Gasteiger partial charge in [-0.3, -0.25) is 4.72 Å². The maximum atomic E-state index is 12.4. The average Bonchev–Trinajstić information content (AvgIpc) is 2.71. The van der Waals surface area contributed by atoms with Gasteiger partial charge in [-0.05, 0) is 54.0 Å². The van der Waals surface area contributed by atoms with Gasteiger partial charge in [0.15, 0.2) is 0 Å². The van der Waals surface area contributed by atoms with E-state index in [4.69, 9.17) is 11.6 Å². The maximum Gasteiger partial charge on any atom is 0.323 e. The van der Waals surface area contributed by atoms with Crippen LogP contribution in [0.3, 0.4) is 0 Å². The highest BCUT2D eigenvalue weighted by Crippen LogP contribution is 2.49. The van der Waals surface area contributed by atoms with Crippen molar-refractivity contribution >= 4 is 60.6 Å². The third-order valence-corrected chi connectivity index (χ3v) is 7.06. The Morgan fingerprint density at radius 3 is 2.44 bits per heavy atom. The van der Waals surface area contributed by atoms with Crippen molar-refractivity contribution in [3.05, 3.63) is 51.5 Å². The SMILES string of the molecule is CC1(C)c2c(Cl)ccc(NC(=O)Nc3ccccc3Br)c2NS1(=O)=O. The Morgan fingerprint density at radius 1 is 1.12 bits per heavy atom. The monoisotopic (exact) mass is 443 g/mol. The van der Waals surface area contributed by atoms with Crippen molar-refractivity contribution in [2.45, 2.75) is 18.6 Å². The van der Waals surface area contributed by atoms with Crippen molar-refractivity contribution in [3.8, 4) is 0 Å². The molecule has 0 radical (unpaired) electrons. The summed E-state index contributed by atoms with van der Waals surface area (Å²) < 4.78 is 26.7. The van der Waals surface area contributed by atoms with Crippen molar-refractivity contribution in [3.63, 3.8) is 0 Å². The number of sulfonamides is 1. The van der Waals surface area contributed by atoms with Gasteiger partial charge in [0.05, 0.1) is 17.1 Å². The van der Waals surface area contributed by atoms with Gasteiger partial charge in [0, 0.05) is 15.1 Å². The van der Waals surface area contributed by atoms with Crippen LogP contribution in [0.2, 0.25) is 5.02 Å².